The number of carbonyl (C=O) groups excluding carboxylic acids is 1. The Balaban J connectivity index is 1.21. The number of methoxy groups -OCH3 is 1. The van der Waals surface area contributed by atoms with E-state index in [1.807, 2.05) is 17.0 Å². The maximum Gasteiger partial charge on any atom is 0.254 e. The number of piperidine rings is 1. The fourth-order valence-electron chi connectivity index (χ4n) is 7.06. The van der Waals surface area contributed by atoms with Gasteiger partial charge in [-0.1, -0.05) is 18.2 Å². The molecule has 4 aromatic rings. The number of ether oxygens (including phenoxy) is 1. The Morgan fingerprint density at radius 1 is 1.15 bits per heavy atom. The lowest BCUT2D eigenvalue weighted by molar-refractivity contribution is -0.117. The summed E-state index contributed by atoms with van der Waals surface area (Å²) >= 11 is 0. The summed E-state index contributed by atoms with van der Waals surface area (Å²) in [5.74, 6) is 3.11. The van der Waals surface area contributed by atoms with Gasteiger partial charge in [0.2, 0.25) is 0 Å². The first-order valence-corrected chi connectivity index (χ1v) is 14.9. The van der Waals surface area contributed by atoms with Crippen LogP contribution < -0.4 is 10.5 Å². The van der Waals surface area contributed by atoms with Crippen LogP contribution in [0.1, 0.15) is 54.4 Å². The predicted octanol–water partition coefficient (Wildman–Crippen LogP) is 5.60. The molecule has 2 atom stereocenters. The molecular formula is C33H37N5O2. The van der Waals surface area contributed by atoms with Gasteiger partial charge in [-0.15, -0.1) is 0 Å². The van der Waals surface area contributed by atoms with Crippen molar-refractivity contribution in [3.05, 3.63) is 53.6 Å². The molecule has 206 valence electrons. The predicted molar refractivity (Wildman–Crippen MR) is 158 cm³/mol. The summed E-state index contributed by atoms with van der Waals surface area (Å²) in [5.41, 5.74) is 12.1. The minimum absolute atomic E-state index is 0.0517. The second kappa shape index (κ2) is 8.71. The van der Waals surface area contributed by atoms with Gasteiger partial charge in [0.05, 0.1) is 18.3 Å². The molecule has 4 aliphatic rings. The van der Waals surface area contributed by atoms with Gasteiger partial charge >= 0.3 is 0 Å². The Kier molecular flexibility index (Phi) is 5.28. The fourth-order valence-corrected chi connectivity index (χ4v) is 7.06. The molecular weight excluding hydrogens is 498 g/mol. The van der Waals surface area contributed by atoms with Crippen molar-refractivity contribution in [2.24, 2.45) is 30.0 Å². The second-order valence-electron chi connectivity index (χ2n) is 12.7. The first-order valence-electron chi connectivity index (χ1n) is 14.9. The first-order chi connectivity index (χ1) is 19.5. The zero-order chi connectivity index (χ0) is 27.2. The number of hydrogen-bond acceptors (Lipinski definition) is 4. The van der Waals surface area contributed by atoms with Crippen molar-refractivity contribution >= 4 is 33.9 Å². The van der Waals surface area contributed by atoms with E-state index < -0.39 is 0 Å². The summed E-state index contributed by atoms with van der Waals surface area (Å²) in [6.07, 6.45) is 12.0. The molecule has 2 N–H and O–H groups in total. The molecule has 3 saturated carbocycles. The van der Waals surface area contributed by atoms with Crippen LogP contribution in [0.5, 0.6) is 5.75 Å². The van der Waals surface area contributed by atoms with E-state index in [0.29, 0.717) is 17.9 Å². The number of aryl methyl sites for hydroxylation is 1. The number of carbonyl (C=O) groups is 1. The van der Waals surface area contributed by atoms with Gasteiger partial charge in [-0.3, -0.25) is 4.79 Å². The number of fused-ring (bicyclic) bond motifs is 3. The number of allylic oxidation sites excluding steroid dienone is 1. The number of likely N-dealkylation sites (tertiary alicyclic amines) is 1. The average Bonchev–Trinajstić information content (AvgIpc) is 3.89. The molecule has 0 spiro atoms. The molecule has 1 unspecified atom stereocenters. The highest BCUT2D eigenvalue weighted by molar-refractivity contribution is 6.01. The first kappa shape index (κ1) is 24.2. The Morgan fingerprint density at radius 3 is 2.67 bits per heavy atom. The highest BCUT2D eigenvalue weighted by Gasteiger charge is 2.59. The number of hydrogen-bond donors (Lipinski definition) is 1. The molecule has 4 fully saturated rings. The number of benzene rings is 2. The van der Waals surface area contributed by atoms with Crippen LogP contribution in [0.3, 0.4) is 0 Å². The van der Waals surface area contributed by atoms with Crippen LogP contribution in [0.25, 0.3) is 39.5 Å². The lowest BCUT2D eigenvalue weighted by atomic mass is 9.57. The molecule has 8 rings (SSSR count). The zero-order valence-electron chi connectivity index (χ0n) is 23.4. The number of rotatable bonds is 8. The molecule has 1 saturated heterocycles. The third-order valence-electron chi connectivity index (χ3n) is 10.0. The quantitative estimate of drug-likeness (QED) is 0.319. The van der Waals surface area contributed by atoms with Gasteiger partial charge in [0.15, 0.2) is 5.82 Å². The Hall–Kier alpha value is -3.58. The molecule has 1 amide bonds. The van der Waals surface area contributed by atoms with Crippen LogP contribution in [0, 0.1) is 17.3 Å². The summed E-state index contributed by atoms with van der Waals surface area (Å²) < 4.78 is 10.4. The maximum atomic E-state index is 13.6. The standard InChI is InChI=1S/C33H37N5O2/c1-36-30-25(14-24(16-28(30)40-2)32(39)38-19-33(18-34)12-11-29(33)38)35-31(36)27-15-23-13-21(6-5-20-3-4-20)9-10-26(23)37(27)17-22-7-8-22/h5-6,9-10,13-16,20,22,29H,3-4,7-8,11-12,17-19,34H2,1-2H3/b6-5+/t29?,33-/m1/s1. The smallest absolute Gasteiger partial charge is 0.254 e. The topological polar surface area (TPSA) is 78.3 Å². The Morgan fingerprint density at radius 2 is 2.00 bits per heavy atom. The number of nitrogens with two attached hydrogens (primary N) is 1. The fraction of sp³-hybridized carbons (Fsp3) is 0.455. The van der Waals surface area contributed by atoms with Crippen LogP contribution >= 0.6 is 0 Å². The Labute approximate surface area is 234 Å². The van der Waals surface area contributed by atoms with E-state index in [9.17, 15) is 4.79 Å². The van der Waals surface area contributed by atoms with E-state index in [4.69, 9.17) is 15.5 Å². The van der Waals surface area contributed by atoms with Crippen molar-refractivity contribution in [1.82, 2.24) is 19.0 Å². The van der Waals surface area contributed by atoms with E-state index in [0.717, 1.165) is 60.3 Å². The van der Waals surface area contributed by atoms with Crippen LogP contribution in [0.2, 0.25) is 0 Å². The third-order valence-corrected chi connectivity index (χ3v) is 10.0. The van der Waals surface area contributed by atoms with Crippen molar-refractivity contribution in [2.45, 2.75) is 51.1 Å². The molecule has 1 aliphatic heterocycles. The van der Waals surface area contributed by atoms with Gasteiger partial charge in [0.1, 0.15) is 11.3 Å². The van der Waals surface area contributed by atoms with Gasteiger partial charge in [-0.2, -0.15) is 0 Å². The van der Waals surface area contributed by atoms with Crippen molar-refractivity contribution in [1.29, 1.82) is 0 Å². The van der Waals surface area contributed by atoms with Crippen LogP contribution in [0.15, 0.2) is 42.5 Å². The van der Waals surface area contributed by atoms with E-state index in [-0.39, 0.29) is 17.4 Å². The van der Waals surface area contributed by atoms with E-state index in [2.05, 4.69) is 52.6 Å². The molecule has 0 radical (unpaired) electrons. The van der Waals surface area contributed by atoms with Crippen LogP contribution in [-0.4, -0.2) is 51.2 Å². The average molecular weight is 536 g/mol. The molecule has 0 bridgehead atoms. The SMILES string of the molecule is COc1cc(C(=O)N2C[C@]3(CN)CCC23)cc2nc(-c3cc4cc(/C=C/C5CC5)ccc4n3CC3CC3)n(C)c12. The molecule has 2 aromatic carbocycles. The third kappa shape index (κ3) is 3.66. The highest BCUT2D eigenvalue weighted by Crippen LogP contribution is 2.53. The Bertz CT molecular complexity index is 1700. The van der Waals surface area contributed by atoms with Crippen LogP contribution in [0.4, 0.5) is 0 Å². The van der Waals surface area contributed by atoms with Crippen molar-refractivity contribution in [3.63, 3.8) is 0 Å². The number of aromatic nitrogens is 3. The summed E-state index contributed by atoms with van der Waals surface area (Å²) in [4.78, 5) is 20.7. The number of amides is 1. The maximum absolute atomic E-state index is 13.6. The lowest BCUT2D eigenvalue weighted by Crippen LogP contribution is -2.74. The second-order valence-corrected chi connectivity index (χ2v) is 12.7. The highest BCUT2D eigenvalue weighted by atomic mass is 16.5. The minimum Gasteiger partial charge on any atom is -0.494 e. The summed E-state index contributed by atoms with van der Waals surface area (Å²) in [6.45, 7) is 2.40. The van der Waals surface area contributed by atoms with E-state index in [1.165, 1.54) is 42.1 Å². The minimum atomic E-state index is 0.0517. The summed E-state index contributed by atoms with van der Waals surface area (Å²) in [5, 5.41) is 1.24. The van der Waals surface area contributed by atoms with Crippen LogP contribution in [-0.2, 0) is 13.6 Å². The molecule has 3 heterocycles. The molecule has 7 heteroatoms. The van der Waals surface area contributed by atoms with Crippen molar-refractivity contribution < 1.29 is 9.53 Å². The lowest BCUT2D eigenvalue weighted by Gasteiger charge is -2.64. The van der Waals surface area contributed by atoms with Crippen molar-refractivity contribution in [2.75, 3.05) is 20.2 Å². The molecule has 7 nitrogen and oxygen atoms in total. The van der Waals surface area contributed by atoms with Gasteiger partial charge < -0.3 is 24.5 Å². The monoisotopic (exact) mass is 535 g/mol. The molecule has 2 aromatic heterocycles. The molecule has 40 heavy (non-hydrogen) atoms. The van der Waals surface area contributed by atoms with E-state index in [1.54, 1.807) is 7.11 Å². The van der Waals surface area contributed by atoms with Gasteiger partial charge in [0, 0.05) is 54.6 Å². The largest absolute Gasteiger partial charge is 0.494 e. The summed E-state index contributed by atoms with van der Waals surface area (Å²) in [6, 6.07) is 13.2. The van der Waals surface area contributed by atoms with E-state index >= 15 is 0 Å². The zero-order valence-corrected chi connectivity index (χ0v) is 23.4. The van der Waals surface area contributed by atoms with Crippen molar-refractivity contribution in [3.8, 4) is 17.3 Å². The number of nitrogens with zero attached hydrogens (tertiary/aromatic N) is 4. The molecule has 3 aliphatic carbocycles. The number of imidazole rings is 1. The van der Waals surface area contributed by atoms with Gasteiger partial charge in [-0.25, -0.2) is 4.98 Å². The normalized spacial score (nSPS) is 24.0. The summed E-state index contributed by atoms with van der Waals surface area (Å²) in [7, 11) is 3.72. The van der Waals surface area contributed by atoms with Gasteiger partial charge in [-0.05, 0) is 86.3 Å². The van der Waals surface area contributed by atoms with Gasteiger partial charge in [0.25, 0.3) is 5.91 Å².